The molecule has 12 nitrogen and oxygen atoms in total. The number of benzene rings is 1. The van der Waals surface area contributed by atoms with Crippen molar-refractivity contribution in [2.75, 3.05) is 66.2 Å². The number of aliphatic hydroxyl groups excluding tert-OH is 1. The molecule has 13 heteroatoms. The molecule has 3 aromatic rings. The van der Waals surface area contributed by atoms with Crippen LogP contribution in [0.4, 0.5) is 17.2 Å². The molecular weight excluding hydrogens is 558 g/mol. The monoisotopic (exact) mass is 595 g/mol. The van der Waals surface area contributed by atoms with Crippen LogP contribution in [0, 0.1) is 11.8 Å². The number of hydrogen-bond donors (Lipinski definition) is 2. The molecule has 1 atom stereocenters. The van der Waals surface area contributed by atoms with Crippen LogP contribution in [-0.4, -0.2) is 91.1 Å². The van der Waals surface area contributed by atoms with Gasteiger partial charge in [-0.05, 0) is 67.9 Å². The lowest BCUT2D eigenvalue weighted by Gasteiger charge is -2.39. The second-order valence-corrected chi connectivity index (χ2v) is 13.3. The highest BCUT2D eigenvalue weighted by Gasteiger charge is 2.29. The number of rotatable bonds is 4. The van der Waals surface area contributed by atoms with E-state index in [-0.39, 0.29) is 11.7 Å². The molecule has 0 aliphatic carbocycles. The van der Waals surface area contributed by atoms with Crippen molar-refractivity contribution in [3.05, 3.63) is 36.5 Å². The summed E-state index contributed by atoms with van der Waals surface area (Å²) in [5, 5.41) is 17.9. The highest BCUT2D eigenvalue weighted by Crippen LogP contribution is 2.37. The molecule has 2 fully saturated rings. The molecule has 0 saturated carbocycles. The molecule has 2 saturated heterocycles. The van der Waals surface area contributed by atoms with Crippen molar-refractivity contribution in [1.82, 2.24) is 20.1 Å². The van der Waals surface area contributed by atoms with E-state index in [1.54, 1.807) is 31.3 Å². The van der Waals surface area contributed by atoms with Crippen molar-refractivity contribution in [1.29, 1.82) is 0 Å². The smallest absolute Gasteiger partial charge is 0.250 e. The van der Waals surface area contributed by atoms with Gasteiger partial charge in [-0.15, -0.1) is 10.2 Å². The molecule has 7 rings (SSSR count). The van der Waals surface area contributed by atoms with E-state index in [2.05, 4.69) is 29.7 Å². The van der Waals surface area contributed by atoms with E-state index in [4.69, 9.17) is 9.52 Å². The van der Waals surface area contributed by atoms with Crippen molar-refractivity contribution in [3.63, 3.8) is 0 Å². The number of nitrogens with one attached hydrogen (secondary N) is 1. The van der Waals surface area contributed by atoms with Gasteiger partial charge in [-0.1, -0.05) is 0 Å². The number of sulfonamides is 1. The Balaban J connectivity index is 1.40. The predicted octanol–water partition coefficient (Wildman–Crippen LogP) is 2.83. The average molecular weight is 596 g/mol. The maximum Gasteiger partial charge on any atom is 0.250 e. The van der Waals surface area contributed by atoms with Gasteiger partial charge in [-0.2, -0.15) is 0 Å². The summed E-state index contributed by atoms with van der Waals surface area (Å²) in [5.41, 5.74) is 2.65. The number of carbonyl (C=O) groups is 1. The van der Waals surface area contributed by atoms with Gasteiger partial charge < -0.3 is 24.2 Å². The summed E-state index contributed by atoms with van der Waals surface area (Å²) >= 11 is 0. The molecule has 1 unspecified atom stereocenters. The van der Waals surface area contributed by atoms with Crippen LogP contribution in [0.2, 0.25) is 0 Å². The lowest BCUT2D eigenvalue weighted by Crippen LogP contribution is -2.45. The zero-order chi connectivity index (χ0) is 29.3. The molecule has 8 bridgehead atoms. The van der Waals surface area contributed by atoms with E-state index >= 15 is 0 Å². The summed E-state index contributed by atoms with van der Waals surface area (Å²) < 4.78 is 33.6. The van der Waals surface area contributed by atoms with E-state index in [1.807, 2.05) is 17.0 Å². The summed E-state index contributed by atoms with van der Waals surface area (Å²) in [7, 11) is -3.70. The van der Waals surface area contributed by atoms with Gasteiger partial charge in [0.1, 0.15) is 5.82 Å². The molecule has 2 N–H and O–H groups in total. The first kappa shape index (κ1) is 28.4. The number of amides is 1. The molecule has 1 aromatic carbocycles. The van der Waals surface area contributed by atoms with Crippen molar-refractivity contribution in [3.8, 4) is 22.9 Å². The molecule has 42 heavy (non-hydrogen) atoms. The highest BCUT2D eigenvalue weighted by atomic mass is 32.2. The van der Waals surface area contributed by atoms with Crippen LogP contribution in [0.3, 0.4) is 0 Å². The van der Waals surface area contributed by atoms with Crippen molar-refractivity contribution in [2.45, 2.75) is 32.6 Å². The van der Waals surface area contributed by atoms with E-state index in [9.17, 15) is 13.2 Å². The van der Waals surface area contributed by atoms with Gasteiger partial charge in [0, 0.05) is 58.0 Å². The van der Waals surface area contributed by atoms with Crippen LogP contribution < -0.4 is 14.5 Å². The number of aliphatic hydroxyl groups is 1. The minimum atomic E-state index is -3.70. The standard InChI is InChI=1S/C29H37N7O5S/c1-20(38)36-17-21-7-11-34(12-8-21)26-16-24(33-42(39,40)14-13-37)4-5-25(26)29-32-31-28(41-29)23-6-9-30-27(15-23)35-10-2-3-22(18-35)19-36/h4-6,9,15-16,21-22,33,37H,2-3,7-8,10-14,17-19H2,1H3. The lowest BCUT2D eigenvalue weighted by molar-refractivity contribution is -0.130. The minimum absolute atomic E-state index is 0.110. The van der Waals surface area contributed by atoms with Gasteiger partial charge in [0.05, 0.1) is 29.3 Å². The molecule has 4 aliphatic rings. The second kappa shape index (κ2) is 11.9. The Morgan fingerprint density at radius 2 is 1.79 bits per heavy atom. The van der Waals surface area contributed by atoms with Gasteiger partial charge in [-0.25, -0.2) is 13.4 Å². The Morgan fingerprint density at radius 3 is 2.57 bits per heavy atom. The first-order valence-electron chi connectivity index (χ1n) is 14.6. The van der Waals surface area contributed by atoms with Crippen LogP contribution in [0.15, 0.2) is 40.9 Å². The van der Waals surface area contributed by atoms with Gasteiger partial charge in [0.2, 0.25) is 27.7 Å². The zero-order valence-corrected chi connectivity index (χ0v) is 24.6. The Kier molecular flexibility index (Phi) is 8.04. The van der Waals surface area contributed by atoms with E-state index < -0.39 is 16.6 Å². The fraction of sp³-hybridized carbons (Fsp3) is 0.517. The van der Waals surface area contributed by atoms with Crippen molar-refractivity contribution >= 4 is 33.1 Å². The maximum atomic E-state index is 12.7. The Hall–Kier alpha value is -3.71. The summed E-state index contributed by atoms with van der Waals surface area (Å²) in [6.07, 6.45) is 5.66. The third-order valence-corrected chi connectivity index (χ3v) is 9.75. The Bertz CT molecular complexity index is 1540. The number of piperidine rings is 2. The second-order valence-electron chi connectivity index (χ2n) is 11.5. The largest absolute Gasteiger partial charge is 0.416 e. The number of nitrogens with zero attached hydrogens (tertiary/aromatic N) is 6. The van der Waals surface area contributed by atoms with Gasteiger partial charge in [0.25, 0.3) is 0 Å². The predicted molar refractivity (Wildman–Crippen MR) is 160 cm³/mol. The number of aromatic nitrogens is 3. The molecule has 224 valence electrons. The molecule has 0 spiro atoms. The maximum absolute atomic E-state index is 12.7. The quantitative estimate of drug-likeness (QED) is 0.462. The number of carbonyl (C=O) groups excluding carboxylic acids is 1. The van der Waals surface area contributed by atoms with Gasteiger partial charge in [-0.3, -0.25) is 9.52 Å². The van der Waals surface area contributed by atoms with Crippen LogP contribution in [0.25, 0.3) is 22.9 Å². The molecular formula is C29H37N7O5S. The number of hydrogen-bond acceptors (Lipinski definition) is 10. The highest BCUT2D eigenvalue weighted by molar-refractivity contribution is 7.92. The number of pyridine rings is 1. The molecule has 4 aliphatic heterocycles. The summed E-state index contributed by atoms with van der Waals surface area (Å²) in [5.74, 6) is 2.02. The normalized spacial score (nSPS) is 21.0. The Labute approximate surface area is 245 Å². The average Bonchev–Trinajstić information content (AvgIpc) is 3.47. The fourth-order valence-corrected chi connectivity index (χ4v) is 7.12. The van der Waals surface area contributed by atoms with E-state index in [1.165, 1.54) is 0 Å². The van der Waals surface area contributed by atoms with Gasteiger partial charge in [0.15, 0.2) is 0 Å². The first-order chi connectivity index (χ1) is 20.3. The topological polar surface area (TPSA) is 145 Å². The first-order valence-corrected chi connectivity index (χ1v) is 16.2. The van der Waals surface area contributed by atoms with E-state index in [0.29, 0.717) is 34.9 Å². The molecule has 6 heterocycles. The van der Waals surface area contributed by atoms with Crippen LogP contribution in [0.1, 0.15) is 32.6 Å². The third kappa shape index (κ3) is 6.21. The summed E-state index contributed by atoms with van der Waals surface area (Å²) in [4.78, 5) is 23.9. The number of fused-ring (bicyclic) bond motifs is 4. The van der Waals surface area contributed by atoms with Crippen LogP contribution >= 0.6 is 0 Å². The Morgan fingerprint density at radius 1 is 1.00 bits per heavy atom. The summed E-state index contributed by atoms with van der Waals surface area (Å²) in [6.45, 7) is 5.88. The van der Waals surface area contributed by atoms with Crippen molar-refractivity contribution < 1.29 is 22.7 Å². The zero-order valence-electron chi connectivity index (χ0n) is 23.8. The summed E-state index contributed by atoms with van der Waals surface area (Å²) in [6, 6.07) is 9.06. The van der Waals surface area contributed by atoms with E-state index in [0.717, 1.165) is 82.0 Å². The molecule has 2 aromatic heterocycles. The number of anilines is 3. The lowest BCUT2D eigenvalue weighted by atomic mass is 9.93. The van der Waals surface area contributed by atoms with Crippen molar-refractivity contribution in [2.24, 2.45) is 11.8 Å². The van der Waals surface area contributed by atoms with Gasteiger partial charge >= 0.3 is 0 Å². The van der Waals surface area contributed by atoms with Crippen LogP contribution in [-0.2, 0) is 14.8 Å². The molecule has 0 radical (unpaired) electrons. The fourth-order valence-electron chi connectivity index (χ4n) is 6.30. The van der Waals surface area contributed by atoms with Crippen LogP contribution in [0.5, 0.6) is 0 Å². The third-order valence-electron chi connectivity index (χ3n) is 8.48. The molecule has 1 amide bonds. The minimum Gasteiger partial charge on any atom is -0.416 e. The SMILES string of the molecule is CC(=O)N1CC2CCN(CC2)c2cc(NS(=O)(=O)CCO)ccc2-c2nnc(o2)-c2ccnc(c2)N2CCCC(C1)C2.